The van der Waals surface area contributed by atoms with E-state index in [0.717, 1.165) is 17.5 Å². The van der Waals surface area contributed by atoms with E-state index in [2.05, 4.69) is 20.0 Å². The van der Waals surface area contributed by atoms with Crippen LogP contribution < -0.4 is 0 Å². The Bertz CT molecular complexity index is 1160. The molecule has 0 fully saturated rings. The fourth-order valence-corrected chi connectivity index (χ4v) is 2.67. The smallest absolute Gasteiger partial charge is 0.211 e. The lowest BCUT2D eigenvalue weighted by Crippen LogP contribution is -1.86. The molecule has 32 heavy (non-hydrogen) atoms. The number of isocyanates is 4. The number of carbonyl (C=O) groups excluding carboxylic acids is 4. The third-order valence-corrected chi connectivity index (χ3v) is 4.24. The lowest BCUT2D eigenvalue weighted by Gasteiger charge is -2.02. The lowest BCUT2D eigenvalue weighted by atomic mass is 10.0. The van der Waals surface area contributed by atoms with Crippen molar-refractivity contribution in [3.63, 3.8) is 0 Å². The molecule has 0 spiro atoms. The molecule has 8 nitrogen and oxygen atoms in total. The number of hydrogen-bond donors (Lipinski definition) is 0. The molecular formula is C24H16N4O4. The van der Waals surface area contributed by atoms with Gasteiger partial charge in [-0.2, -0.15) is 20.0 Å². The zero-order valence-corrected chi connectivity index (χ0v) is 17.0. The number of hydrogen-bond acceptors (Lipinski definition) is 8. The van der Waals surface area contributed by atoms with Gasteiger partial charge in [-0.3, -0.25) is 0 Å². The van der Waals surface area contributed by atoms with Crippen LogP contribution in [0.1, 0.15) is 16.7 Å². The fraction of sp³-hybridized carbons (Fsp3) is 0.0833. The van der Waals surface area contributed by atoms with Crippen LogP contribution in [-0.2, 0) is 25.6 Å². The summed E-state index contributed by atoms with van der Waals surface area (Å²) in [6.45, 7) is 1.71. The first-order valence-electron chi connectivity index (χ1n) is 9.20. The van der Waals surface area contributed by atoms with Gasteiger partial charge in [0.2, 0.25) is 24.3 Å². The molecule has 0 bridgehead atoms. The molecular weight excluding hydrogens is 408 g/mol. The second kappa shape index (κ2) is 12.7. The van der Waals surface area contributed by atoms with E-state index in [4.69, 9.17) is 0 Å². The van der Waals surface area contributed by atoms with Crippen LogP contribution in [0.15, 0.2) is 86.7 Å². The first kappa shape index (κ1) is 23.5. The highest BCUT2D eigenvalue weighted by molar-refractivity contribution is 5.64. The summed E-state index contributed by atoms with van der Waals surface area (Å²) in [7, 11) is 0. The minimum Gasteiger partial charge on any atom is -0.211 e. The molecule has 0 radical (unpaired) electrons. The summed E-state index contributed by atoms with van der Waals surface area (Å²) in [5.74, 6) is 0. The molecule has 0 aliphatic heterocycles. The van der Waals surface area contributed by atoms with E-state index >= 15 is 0 Å². The van der Waals surface area contributed by atoms with Crippen molar-refractivity contribution in [1.29, 1.82) is 0 Å². The molecule has 156 valence electrons. The van der Waals surface area contributed by atoms with E-state index < -0.39 is 0 Å². The van der Waals surface area contributed by atoms with Crippen LogP contribution in [0.2, 0.25) is 0 Å². The molecule has 0 atom stereocenters. The summed E-state index contributed by atoms with van der Waals surface area (Å²) in [5, 5.41) is 0. The topological polar surface area (TPSA) is 118 Å². The van der Waals surface area contributed by atoms with Gasteiger partial charge < -0.3 is 0 Å². The van der Waals surface area contributed by atoms with Gasteiger partial charge in [0.05, 0.1) is 22.7 Å². The van der Waals surface area contributed by atoms with Crippen molar-refractivity contribution >= 4 is 47.1 Å². The molecule has 8 heteroatoms. The quantitative estimate of drug-likeness (QED) is 0.402. The Balaban J connectivity index is 0.000000244. The Morgan fingerprint density at radius 1 is 0.562 bits per heavy atom. The minimum absolute atomic E-state index is 0.464. The normalized spacial score (nSPS) is 8.91. The minimum atomic E-state index is 0.464. The van der Waals surface area contributed by atoms with Crippen LogP contribution in [0, 0.1) is 6.92 Å². The lowest BCUT2D eigenvalue weighted by molar-refractivity contribution is 0.564. The predicted molar refractivity (Wildman–Crippen MR) is 118 cm³/mol. The Kier molecular flexibility index (Phi) is 9.30. The van der Waals surface area contributed by atoms with E-state index in [9.17, 15) is 19.2 Å². The zero-order chi connectivity index (χ0) is 23.2. The van der Waals surface area contributed by atoms with Gasteiger partial charge in [0.15, 0.2) is 0 Å². The third kappa shape index (κ3) is 7.21. The highest BCUT2D eigenvalue weighted by Gasteiger charge is 2.01. The van der Waals surface area contributed by atoms with Crippen LogP contribution in [0.5, 0.6) is 0 Å². The van der Waals surface area contributed by atoms with Gasteiger partial charge in [0.1, 0.15) is 0 Å². The standard InChI is InChI=1S/C15H10N2O2.C9H6N2O2/c18-10-16-14-5-1-12(2-6-14)9-13-3-7-15(8-4-13)17-11-19;1-7-8(10-5-12)3-2-4-9(7)11-6-13/h1-8H,9H2;2-4H,1H3. The van der Waals surface area contributed by atoms with Crippen molar-refractivity contribution in [3.05, 3.63) is 83.4 Å². The average molecular weight is 424 g/mol. The first-order chi connectivity index (χ1) is 15.6. The molecule has 3 aromatic carbocycles. The van der Waals surface area contributed by atoms with Crippen LogP contribution >= 0.6 is 0 Å². The summed E-state index contributed by atoms with van der Waals surface area (Å²) >= 11 is 0. The van der Waals surface area contributed by atoms with E-state index in [-0.39, 0.29) is 0 Å². The SMILES string of the molecule is Cc1c(N=C=O)cccc1N=C=O.O=C=Nc1ccc(Cc2ccc(N=C=O)cc2)cc1. The zero-order valence-electron chi connectivity index (χ0n) is 17.0. The monoisotopic (exact) mass is 424 g/mol. The molecule has 0 aliphatic carbocycles. The van der Waals surface area contributed by atoms with E-state index in [1.165, 1.54) is 24.3 Å². The van der Waals surface area contributed by atoms with Crippen LogP contribution in [0.3, 0.4) is 0 Å². The Labute approximate surface area is 183 Å². The molecule has 0 saturated heterocycles. The Hall–Kier alpha value is -4.82. The molecule has 0 amide bonds. The van der Waals surface area contributed by atoms with Crippen molar-refractivity contribution in [2.45, 2.75) is 13.3 Å². The maximum Gasteiger partial charge on any atom is 0.240 e. The molecule has 0 N–H and O–H groups in total. The summed E-state index contributed by atoms with van der Waals surface area (Å²) < 4.78 is 0. The van der Waals surface area contributed by atoms with E-state index in [1.54, 1.807) is 49.4 Å². The van der Waals surface area contributed by atoms with Gasteiger partial charge in [-0.05, 0) is 60.9 Å². The van der Waals surface area contributed by atoms with Crippen LogP contribution in [0.25, 0.3) is 0 Å². The summed E-state index contributed by atoms with van der Waals surface area (Å²) in [5.41, 5.74) is 4.99. The van der Waals surface area contributed by atoms with Gasteiger partial charge in [0.25, 0.3) is 0 Å². The predicted octanol–water partition coefficient (Wildman–Crippen LogP) is 5.14. The van der Waals surface area contributed by atoms with Crippen molar-refractivity contribution < 1.29 is 19.2 Å². The molecule has 3 aromatic rings. The Morgan fingerprint density at radius 3 is 1.28 bits per heavy atom. The van der Waals surface area contributed by atoms with Crippen molar-refractivity contribution in [2.24, 2.45) is 20.0 Å². The fourth-order valence-electron chi connectivity index (χ4n) is 2.67. The number of benzene rings is 3. The summed E-state index contributed by atoms with van der Waals surface area (Å²) in [6.07, 6.45) is 6.63. The first-order valence-corrected chi connectivity index (χ1v) is 9.20. The van der Waals surface area contributed by atoms with Crippen molar-refractivity contribution in [2.75, 3.05) is 0 Å². The van der Waals surface area contributed by atoms with Crippen molar-refractivity contribution in [3.8, 4) is 0 Å². The second-order valence-electron chi connectivity index (χ2n) is 6.24. The molecule has 0 heterocycles. The summed E-state index contributed by atoms with van der Waals surface area (Å²) in [4.78, 5) is 54.2. The van der Waals surface area contributed by atoms with Gasteiger partial charge in [0, 0.05) is 5.56 Å². The Morgan fingerprint density at radius 2 is 0.938 bits per heavy atom. The second-order valence-corrected chi connectivity index (χ2v) is 6.24. The van der Waals surface area contributed by atoms with Crippen LogP contribution in [0.4, 0.5) is 22.7 Å². The largest absolute Gasteiger partial charge is 0.240 e. The maximum absolute atomic E-state index is 10.1. The van der Waals surface area contributed by atoms with Gasteiger partial charge in [-0.15, -0.1) is 0 Å². The number of nitrogens with zero attached hydrogens (tertiary/aromatic N) is 4. The molecule has 0 aromatic heterocycles. The van der Waals surface area contributed by atoms with Gasteiger partial charge in [-0.25, -0.2) is 19.2 Å². The average Bonchev–Trinajstić information content (AvgIpc) is 2.80. The summed E-state index contributed by atoms with van der Waals surface area (Å²) in [6, 6.07) is 19.7. The molecule has 0 saturated carbocycles. The van der Waals surface area contributed by atoms with Gasteiger partial charge in [-0.1, -0.05) is 30.3 Å². The highest BCUT2D eigenvalue weighted by atomic mass is 16.1. The number of aliphatic imine (C=N–C) groups is 4. The van der Waals surface area contributed by atoms with Crippen LogP contribution in [-0.4, -0.2) is 24.3 Å². The molecule has 0 unspecified atom stereocenters. The molecule has 0 aliphatic rings. The maximum atomic E-state index is 10.1. The van der Waals surface area contributed by atoms with Gasteiger partial charge >= 0.3 is 0 Å². The highest BCUT2D eigenvalue weighted by Crippen LogP contribution is 2.27. The number of rotatable bonds is 6. The van der Waals surface area contributed by atoms with E-state index in [1.807, 2.05) is 24.3 Å². The third-order valence-electron chi connectivity index (χ3n) is 4.24. The van der Waals surface area contributed by atoms with Crippen molar-refractivity contribution in [1.82, 2.24) is 0 Å². The van der Waals surface area contributed by atoms with E-state index in [0.29, 0.717) is 28.3 Å². The molecule has 3 rings (SSSR count).